The predicted octanol–water partition coefficient (Wildman–Crippen LogP) is 2.53. The number of thiol groups is 1. The third-order valence-electron chi connectivity index (χ3n) is 1.33. The summed E-state index contributed by atoms with van der Waals surface area (Å²) in [6.45, 7) is 0. The number of fused-ring (bicyclic) bond motifs is 1. The van der Waals surface area contributed by atoms with Crippen molar-refractivity contribution in [3.63, 3.8) is 0 Å². The van der Waals surface area contributed by atoms with E-state index in [-0.39, 0.29) is 0 Å². The molecule has 1 N–H and O–H groups in total. The van der Waals surface area contributed by atoms with Crippen LogP contribution in [0.5, 0.6) is 0 Å². The van der Waals surface area contributed by atoms with Crippen LogP contribution in [-0.4, -0.2) is 4.55 Å². The molecule has 0 saturated heterocycles. The molecule has 4 heteroatoms. The second kappa shape index (κ2) is 2.07. The van der Waals surface area contributed by atoms with Crippen LogP contribution in [0.15, 0.2) is 38.8 Å². The van der Waals surface area contributed by atoms with Crippen LogP contribution in [-0.2, 0) is 0 Å². The highest BCUT2D eigenvalue weighted by Crippen LogP contribution is 2.46. The Balaban J connectivity index is 2.59. The first-order chi connectivity index (χ1) is 4.88. The van der Waals surface area contributed by atoms with Crippen LogP contribution < -0.4 is 0 Å². The fraction of sp³-hybridized carbons (Fsp3) is 0. The summed E-state index contributed by atoms with van der Waals surface area (Å²) in [5.74, 6) is 0. The second-order valence-corrected chi connectivity index (χ2v) is 3.21. The first-order valence-electron chi connectivity index (χ1n) is 2.87. The number of nitrogens with zero attached hydrogens (tertiary/aromatic N) is 2. The predicted molar refractivity (Wildman–Crippen MR) is 40.8 cm³/mol. The van der Waals surface area contributed by atoms with Crippen molar-refractivity contribution >= 4 is 17.0 Å². The van der Waals surface area contributed by atoms with Crippen molar-refractivity contribution in [2.75, 3.05) is 0 Å². The average molecular weight is 154 g/mol. The Kier molecular flexibility index (Phi) is 1.22. The molecule has 1 aliphatic rings. The maximum Gasteiger partial charge on any atom is 0.102 e. The summed E-state index contributed by atoms with van der Waals surface area (Å²) in [4.78, 5) is 0.859. The van der Waals surface area contributed by atoms with E-state index < -0.39 is 11.4 Å². The van der Waals surface area contributed by atoms with E-state index in [1.54, 1.807) is 0 Å². The van der Waals surface area contributed by atoms with Crippen LogP contribution in [0.1, 0.15) is 0 Å². The van der Waals surface area contributed by atoms with Gasteiger partial charge >= 0.3 is 0 Å². The van der Waals surface area contributed by atoms with Gasteiger partial charge in [-0.25, -0.2) is 0 Å². The normalized spacial score (nSPS) is 24.7. The highest BCUT2D eigenvalue weighted by molar-refractivity contribution is 8.11. The van der Waals surface area contributed by atoms with Gasteiger partial charge in [0.25, 0.3) is 0 Å². The molecule has 0 saturated carbocycles. The van der Waals surface area contributed by atoms with E-state index in [9.17, 15) is 4.55 Å². The minimum atomic E-state index is -1.32. The molecule has 1 aliphatic heterocycles. The van der Waals surface area contributed by atoms with Gasteiger partial charge in [-0.1, -0.05) is 12.1 Å². The molecule has 0 fully saturated rings. The van der Waals surface area contributed by atoms with Crippen LogP contribution in [0.25, 0.3) is 0 Å². The van der Waals surface area contributed by atoms with Crippen LogP contribution in [0.2, 0.25) is 0 Å². The van der Waals surface area contributed by atoms with E-state index in [0.29, 0.717) is 0 Å². The van der Waals surface area contributed by atoms with E-state index in [0.717, 1.165) is 10.6 Å². The van der Waals surface area contributed by atoms with Gasteiger partial charge in [-0.05, 0) is 23.5 Å². The minimum absolute atomic E-state index is 0.802. The van der Waals surface area contributed by atoms with Gasteiger partial charge in [-0.2, -0.15) is 0 Å². The van der Waals surface area contributed by atoms with Gasteiger partial charge in [0.15, 0.2) is 0 Å². The lowest BCUT2D eigenvalue weighted by atomic mass is 10.3. The summed E-state index contributed by atoms with van der Waals surface area (Å²) in [7, 11) is 0. The smallest absolute Gasteiger partial charge is 0.102 e. The van der Waals surface area contributed by atoms with Crippen molar-refractivity contribution in [1.82, 2.24) is 0 Å². The number of benzene rings is 1. The Labute approximate surface area is 61.1 Å². The molecule has 0 radical (unpaired) electrons. The van der Waals surface area contributed by atoms with E-state index in [1.807, 2.05) is 24.3 Å². The Morgan fingerprint density at radius 2 is 2.10 bits per heavy atom. The highest BCUT2D eigenvalue weighted by atomic mass is 32.2. The maximum absolute atomic E-state index is 9.19. The van der Waals surface area contributed by atoms with Gasteiger partial charge in [0, 0.05) is 0 Å². The van der Waals surface area contributed by atoms with E-state index in [4.69, 9.17) is 0 Å². The standard InChI is InChI=1S/C6H6N2OS/c9-10-6-4-2-1-3-5(6)7-8-10/h1-4,9-10H. The van der Waals surface area contributed by atoms with Crippen LogP contribution in [0.3, 0.4) is 0 Å². The van der Waals surface area contributed by atoms with Crippen molar-refractivity contribution in [1.29, 1.82) is 0 Å². The molecule has 10 heavy (non-hydrogen) atoms. The van der Waals surface area contributed by atoms with E-state index in [1.165, 1.54) is 0 Å². The summed E-state index contributed by atoms with van der Waals surface area (Å²) in [5, 5.41) is 3.78. The van der Waals surface area contributed by atoms with Gasteiger partial charge in [0.1, 0.15) is 5.69 Å². The Bertz CT molecular complexity index is 287. The lowest BCUT2D eigenvalue weighted by Crippen LogP contribution is -1.70. The topological polar surface area (TPSA) is 45.0 Å². The Morgan fingerprint density at radius 3 is 2.90 bits per heavy atom. The number of rotatable bonds is 0. The van der Waals surface area contributed by atoms with Crippen LogP contribution >= 0.6 is 11.4 Å². The summed E-state index contributed by atoms with van der Waals surface area (Å²) in [6, 6.07) is 7.45. The number of hydrogen-bond donors (Lipinski definition) is 2. The quantitative estimate of drug-likeness (QED) is 0.554. The molecule has 3 nitrogen and oxygen atoms in total. The molecule has 0 bridgehead atoms. The highest BCUT2D eigenvalue weighted by Gasteiger charge is 2.12. The summed E-state index contributed by atoms with van der Waals surface area (Å²) in [5.41, 5.74) is 0.802. The zero-order valence-electron chi connectivity index (χ0n) is 5.10. The van der Waals surface area contributed by atoms with Gasteiger partial charge in [-0.3, -0.25) is 0 Å². The first kappa shape index (κ1) is 5.88. The third kappa shape index (κ3) is 0.732. The zero-order valence-corrected chi connectivity index (χ0v) is 5.99. The molecule has 0 spiro atoms. The lowest BCUT2D eigenvalue weighted by molar-refractivity contribution is 0.648. The molecule has 1 aromatic carbocycles. The average Bonchev–Trinajstić information content (AvgIpc) is 2.34. The summed E-state index contributed by atoms with van der Waals surface area (Å²) in [6.07, 6.45) is 0. The van der Waals surface area contributed by atoms with Crippen molar-refractivity contribution in [3.8, 4) is 0 Å². The molecular weight excluding hydrogens is 148 g/mol. The van der Waals surface area contributed by atoms with Gasteiger partial charge < -0.3 is 4.55 Å². The first-order valence-corrected chi connectivity index (χ1v) is 4.12. The van der Waals surface area contributed by atoms with Crippen molar-refractivity contribution in [3.05, 3.63) is 24.3 Å². The van der Waals surface area contributed by atoms with Gasteiger partial charge in [-0.15, -0.1) is 9.63 Å². The fourth-order valence-corrected chi connectivity index (χ4v) is 1.68. The molecule has 0 aromatic heterocycles. The van der Waals surface area contributed by atoms with Crippen molar-refractivity contribution in [2.24, 2.45) is 9.63 Å². The molecule has 52 valence electrons. The summed E-state index contributed by atoms with van der Waals surface area (Å²) >= 11 is -1.32. The zero-order chi connectivity index (χ0) is 6.97. The molecule has 1 unspecified atom stereocenters. The van der Waals surface area contributed by atoms with Crippen molar-refractivity contribution in [2.45, 2.75) is 4.90 Å². The molecule has 1 heterocycles. The van der Waals surface area contributed by atoms with Crippen molar-refractivity contribution < 1.29 is 4.55 Å². The fourth-order valence-electron chi connectivity index (χ4n) is 0.857. The lowest BCUT2D eigenvalue weighted by Gasteiger charge is -2.00. The third-order valence-corrected chi connectivity index (χ3v) is 2.40. The molecule has 0 aliphatic carbocycles. The monoisotopic (exact) mass is 154 g/mol. The Morgan fingerprint density at radius 1 is 1.30 bits per heavy atom. The van der Waals surface area contributed by atoms with Crippen LogP contribution in [0, 0.1) is 0 Å². The molecule has 1 aromatic rings. The molecule has 1 atom stereocenters. The Hall–Kier alpha value is -0.870. The molecule has 0 amide bonds. The second-order valence-electron chi connectivity index (χ2n) is 1.97. The van der Waals surface area contributed by atoms with Gasteiger partial charge in [0.05, 0.1) is 4.90 Å². The van der Waals surface area contributed by atoms with E-state index >= 15 is 0 Å². The molecule has 2 rings (SSSR count). The summed E-state index contributed by atoms with van der Waals surface area (Å²) < 4.78 is 12.8. The van der Waals surface area contributed by atoms with E-state index in [2.05, 4.69) is 9.63 Å². The van der Waals surface area contributed by atoms with Gasteiger partial charge in [0.2, 0.25) is 0 Å². The largest absolute Gasteiger partial charge is 0.328 e. The minimum Gasteiger partial charge on any atom is -0.328 e. The SMILES string of the molecule is O[SH]1N=Nc2ccccc21. The maximum atomic E-state index is 9.19. The molecular formula is C6H6N2OS. The number of hydrogen-bond acceptors (Lipinski definition) is 3. The van der Waals surface area contributed by atoms with Crippen LogP contribution in [0.4, 0.5) is 5.69 Å².